The fourth-order valence-corrected chi connectivity index (χ4v) is 1.21. The van der Waals surface area contributed by atoms with Crippen LogP contribution in [-0.2, 0) is 4.79 Å². The molecule has 1 aromatic carbocycles. The second-order valence-corrected chi connectivity index (χ2v) is 3.72. The van der Waals surface area contributed by atoms with Crippen LogP contribution in [0, 0.1) is 0 Å². The van der Waals surface area contributed by atoms with Gasteiger partial charge in [0.2, 0.25) is 0 Å². The van der Waals surface area contributed by atoms with Crippen LogP contribution in [0.3, 0.4) is 0 Å². The molecule has 88 valence electrons. The maximum absolute atomic E-state index is 13.0. The summed E-state index contributed by atoms with van der Waals surface area (Å²) >= 11 is 5.62. The standard InChI is InChI=1S/C10H10ClF2NO2/c11-7-1-3-8(4-2-7)14-6-10(12,13)5-9(15)16/h1-4,14H,5-6H2,(H,15,16). The van der Waals surface area contributed by atoms with Crippen LogP contribution in [0.2, 0.25) is 5.02 Å². The van der Waals surface area contributed by atoms with E-state index in [1.807, 2.05) is 0 Å². The minimum absolute atomic E-state index is 0.467. The average Bonchev–Trinajstić information content (AvgIpc) is 2.15. The lowest BCUT2D eigenvalue weighted by Crippen LogP contribution is -2.29. The van der Waals surface area contributed by atoms with Crippen LogP contribution in [0.15, 0.2) is 24.3 Å². The van der Waals surface area contributed by atoms with Crippen molar-refractivity contribution in [3.05, 3.63) is 29.3 Å². The first-order chi connectivity index (χ1) is 7.39. The summed E-state index contributed by atoms with van der Waals surface area (Å²) in [5.74, 6) is -4.80. The molecule has 0 aliphatic carbocycles. The van der Waals surface area contributed by atoms with E-state index in [0.717, 1.165) is 0 Å². The quantitative estimate of drug-likeness (QED) is 0.844. The number of hydrogen-bond acceptors (Lipinski definition) is 2. The van der Waals surface area contributed by atoms with Gasteiger partial charge in [-0.3, -0.25) is 4.79 Å². The Morgan fingerprint density at radius 2 is 1.94 bits per heavy atom. The highest BCUT2D eigenvalue weighted by Gasteiger charge is 2.31. The summed E-state index contributed by atoms with van der Waals surface area (Å²) in [6.07, 6.45) is -1.19. The topological polar surface area (TPSA) is 49.3 Å². The van der Waals surface area contributed by atoms with E-state index in [2.05, 4.69) is 5.32 Å². The van der Waals surface area contributed by atoms with E-state index in [1.54, 1.807) is 24.3 Å². The molecule has 6 heteroatoms. The molecular formula is C10H10ClF2NO2. The average molecular weight is 250 g/mol. The second kappa shape index (κ2) is 5.12. The van der Waals surface area contributed by atoms with E-state index < -0.39 is 24.9 Å². The van der Waals surface area contributed by atoms with Gasteiger partial charge >= 0.3 is 5.97 Å². The molecule has 0 heterocycles. The molecule has 0 fully saturated rings. The Morgan fingerprint density at radius 1 is 1.38 bits per heavy atom. The highest BCUT2D eigenvalue weighted by Crippen LogP contribution is 2.20. The van der Waals surface area contributed by atoms with E-state index in [1.165, 1.54) is 0 Å². The molecule has 0 spiro atoms. The normalized spacial score (nSPS) is 11.2. The smallest absolute Gasteiger partial charge is 0.309 e. The molecule has 1 aromatic rings. The van der Waals surface area contributed by atoms with Crippen molar-refractivity contribution in [2.75, 3.05) is 11.9 Å². The summed E-state index contributed by atoms with van der Waals surface area (Å²) in [6, 6.07) is 6.19. The van der Waals surface area contributed by atoms with Crippen LogP contribution >= 0.6 is 11.6 Å². The minimum Gasteiger partial charge on any atom is -0.481 e. The molecule has 0 saturated carbocycles. The second-order valence-electron chi connectivity index (χ2n) is 3.29. The number of benzene rings is 1. The van der Waals surface area contributed by atoms with Crippen molar-refractivity contribution < 1.29 is 18.7 Å². The zero-order chi connectivity index (χ0) is 12.2. The van der Waals surface area contributed by atoms with Gasteiger partial charge in [0.25, 0.3) is 5.92 Å². The number of carbonyl (C=O) groups is 1. The third-order valence-electron chi connectivity index (χ3n) is 1.81. The lowest BCUT2D eigenvalue weighted by atomic mass is 10.2. The number of carboxylic acids is 1. The fourth-order valence-electron chi connectivity index (χ4n) is 1.08. The summed E-state index contributed by atoms with van der Waals surface area (Å²) in [6.45, 7) is -0.721. The van der Waals surface area contributed by atoms with Gasteiger partial charge in [-0.05, 0) is 24.3 Å². The molecule has 0 unspecified atom stereocenters. The van der Waals surface area contributed by atoms with Gasteiger partial charge in [-0.15, -0.1) is 0 Å². The van der Waals surface area contributed by atoms with Crippen molar-refractivity contribution in [2.24, 2.45) is 0 Å². The van der Waals surface area contributed by atoms with Crippen molar-refractivity contribution in [3.8, 4) is 0 Å². The number of carboxylic acid groups (broad SMARTS) is 1. The van der Waals surface area contributed by atoms with E-state index in [-0.39, 0.29) is 0 Å². The number of aliphatic carboxylic acids is 1. The van der Waals surface area contributed by atoms with Gasteiger partial charge in [0.1, 0.15) is 6.42 Å². The summed E-state index contributed by atoms with van der Waals surface area (Å²) in [4.78, 5) is 10.1. The first-order valence-corrected chi connectivity index (χ1v) is 4.86. The molecule has 0 radical (unpaired) electrons. The summed E-state index contributed by atoms with van der Waals surface area (Å²) < 4.78 is 25.9. The number of nitrogens with one attached hydrogen (secondary N) is 1. The molecule has 16 heavy (non-hydrogen) atoms. The van der Waals surface area contributed by atoms with E-state index >= 15 is 0 Å². The van der Waals surface area contributed by atoms with Crippen molar-refractivity contribution in [1.29, 1.82) is 0 Å². The number of hydrogen-bond donors (Lipinski definition) is 2. The lowest BCUT2D eigenvalue weighted by molar-refractivity contribution is -0.144. The van der Waals surface area contributed by atoms with Gasteiger partial charge in [0.05, 0.1) is 6.54 Å². The molecule has 0 aliphatic heterocycles. The monoisotopic (exact) mass is 249 g/mol. The van der Waals surface area contributed by atoms with Gasteiger partial charge in [0.15, 0.2) is 0 Å². The van der Waals surface area contributed by atoms with Gasteiger partial charge in [-0.25, -0.2) is 8.78 Å². The first-order valence-electron chi connectivity index (χ1n) is 4.48. The molecule has 0 aliphatic rings. The largest absolute Gasteiger partial charge is 0.481 e. The molecule has 0 saturated heterocycles. The van der Waals surface area contributed by atoms with Gasteiger partial charge < -0.3 is 10.4 Å². The van der Waals surface area contributed by atoms with Crippen LogP contribution in [0.5, 0.6) is 0 Å². The van der Waals surface area contributed by atoms with Gasteiger partial charge in [0, 0.05) is 10.7 Å². The van der Waals surface area contributed by atoms with Crippen LogP contribution in [-0.4, -0.2) is 23.5 Å². The molecule has 0 amide bonds. The van der Waals surface area contributed by atoms with Crippen LogP contribution in [0.1, 0.15) is 6.42 Å². The zero-order valence-corrected chi connectivity index (χ0v) is 8.97. The summed E-state index contributed by atoms with van der Waals surface area (Å²) in [5.41, 5.74) is 0.467. The highest BCUT2D eigenvalue weighted by molar-refractivity contribution is 6.30. The molecule has 3 nitrogen and oxygen atoms in total. The third-order valence-corrected chi connectivity index (χ3v) is 2.06. The Bertz CT molecular complexity index is 368. The third kappa shape index (κ3) is 4.44. The summed E-state index contributed by atoms with van der Waals surface area (Å²) in [5, 5.41) is 11.2. The Hall–Kier alpha value is -1.36. The predicted octanol–water partition coefficient (Wildman–Crippen LogP) is 2.86. The van der Waals surface area contributed by atoms with Crippen LogP contribution < -0.4 is 5.32 Å². The Kier molecular flexibility index (Phi) is 4.06. The zero-order valence-electron chi connectivity index (χ0n) is 8.21. The molecule has 1 rings (SSSR count). The van der Waals surface area contributed by atoms with Crippen molar-refractivity contribution in [2.45, 2.75) is 12.3 Å². The lowest BCUT2D eigenvalue weighted by Gasteiger charge is -2.15. The molecule has 0 bridgehead atoms. The Morgan fingerprint density at radius 3 is 2.44 bits per heavy atom. The Labute approximate surface area is 96.0 Å². The number of halogens is 3. The molecule has 0 aromatic heterocycles. The van der Waals surface area contributed by atoms with Crippen molar-refractivity contribution in [3.63, 3.8) is 0 Å². The van der Waals surface area contributed by atoms with E-state index in [9.17, 15) is 13.6 Å². The Balaban J connectivity index is 2.50. The number of alkyl halides is 2. The van der Waals surface area contributed by atoms with Crippen molar-refractivity contribution in [1.82, 2.24) is 0 Å². The van der Waals surface area contributed by atoms with Gasteiger partial charge in [-0.1, -0.05) is 11.6 Å². The number of rotatable bonds is 5. The van der Waals surface area contributed by atoms with Crippen molar-refractivity contribution >= 4 is 23.3 Å². The fraction of sp³-hybridized carbons (Fsp3) is 0.300. The van der Waals surface area contributed by atoms with Crippen LogP contribution in [0.4, 0.5) is 14.5 Å². The predicted molar refractivity (Wildman–Crippen MR) is 57.1 cm³/mol. The first kappa shape index (κ1) is 12.7. The van der Waals surface area contributed by atoms with E-state index in [0.29, 0.717) is 10.7 Å². The minimum atomic E-state index is -3.27. The SMILES string of the molecule is O=C(O)CC(F)(F)CNc1ccc(Cl)cc1. The number of anilines is 1. The summed E-state index contributed by atoms with van der Waals surface area (Å²) in [7, 11) is 0. The molecule has 0 atom stereocenters. The molecule has 2 N–H and O–H groups in total. The maximum Gasteiger partial charge on any atom is 0.309 e. The van der Waals surface area contributed by atoms with Crippen LogP contribution in [0.25, 0.3) is 0 Å². The highest BCUT2D eigenvalue weighted by atomic mass is 35.5. The maximum atomic E-state index is 13.0. The van der Waals surface area contributed by atoms with Gasteiger partial charge in [-0.2, -0.15) is 0 Å². The van der Waals surface area contributed by atoms with E-state index in [4.69, 9.17) is 16.7 Å². The molecular weight excluding hydrogens is 240 g/mol.